The summed E-state index contributed by atoms with van der Waals surface area (Å²) in [5.41, 5.74) is 0.698. The van der Waals surface area contributed by atoms with E-state index in [1.165, 1.54) is 11.0 Å². The number of hydrogen-bond donors (Lipinski definition) is 1. The molecule has 5 nitrogen and oxygen atoms in total. The number of benzene rings is 1. The van der Waals surface area contributed by atoms with Crippen LogP contribution >= 0.6 is 0 Å². The van der Waals surface area contributed by atoms with Gasteiger partial charge in [0.25, 0.3) is 0 Å². The lowest BCUT2D eigenvalue weighted by Crippen LogP contribution is -2.39. The van der Waals surface area contributed by atoms with Gasteiger partial charge in [0.2, 0.25) is 5.91 Å². The Bertz CT molecular complexity index is 577. The van der Waals surface area contributed by atoms with Gasteiger partial charge in [-0.3, -0.25) is 14.6 Å². The summed E-state index contributed by atoms with van der Waals surface area (Å²) in [6.45, 7) is 3.99. The molecule has 0 bridgehead atoms. The number of nitrogens with zero attached hydrogens (tertiary/aromatic N) is 2. The van der Waals surface area contributed by atoms with Crippen LogP contribution in [0.15, 0.2) is 24.3 Å². The van der Waals surface area contributed by atoms with Crippen molar-refractivity contribution in [2.75, 3.05) is 26.2 Å². The van der Waals surface area contributed by atoms with Gasteiger partial charge >= 0.3 is 6.03 Å². The van der Waals surface area contributed by atoms with Gasteiger partial charge in [-0.15, -0.1) is 0 Å². The highest BCUT2D eigenvalue weighted by molar-refractivity contribution is 6.01. The van der Waals surface area contributed by atoms with Crippen LogP contribution in [0, 0.1) is 11.7 Å². The third-order valence-corrected chi connectivity index (χ3v) is 4.42. The van der Waals surface area contributed by atoms with E-state index in [-0.39, 0.29) is 30.3 Å². The van der Waals surface area contributed by atoms with E-state index in [9.17, 15) is 14.0 Å². The molecule has 3 amide bonds. The molecule has 0 aromatic heterocycles. The zero-order chi connectivity index (χ0) is 15.7. The number of carbonyl (C=O) groups is 2. The van der Waals surface area contributed by atoms with E-state index in [1.807, 2.05) is 12.1 Å². The average Bonchev–Trinajstić information content (AvgIpc) is 3.01. The minimum absolute atomic E-state index is 0.0111. The zero-order valence-electron chi connectivity index (χ0n) is 12.6. The van der Waals surface area contributed by atoms with Gasteiger partial charge in [0.15, 0.2) is 0 Å². The fourth-order valence-electron chi connectivity index (χ4n) is 3.36. The second kappa shape index (κ2) is 6.04. The zero-order valence-corrected chi connectivity index (χ0v) is 12.6. The van der Waals surface area contributed by atoms with Crippen molar-refractivity contribution in [2.45, 2.75) is 19.4 Å². The number of urea groups is 1. The normalized spacial score (nSPS) is 25.8. The predicted octanol–water partition coefficient (Wildman–Crippen LogP) is 1.76. The van der Waals surface area contributed by atoms with Crippen molar-refractivity contribution in [3.05, 3.63) is 35.6 Å². The summed E-state index contributed by atoms with van der Waals surface area (Å²) < 4.78 is 14.1. The highest BCUT2D eigenvalue weighted by atomic mass is 19.1. The number of carbonyl (C=O) groups excluding carboxylic acids is 2. The van der Waals surface area contributed by atoms with Gasteiger partial charge in [-0.05, 0) is 18.4 Å². The molecule has 0 spiro atoms. The fraction of sp³-hybridized carbons (Fsp3) is 0.500. The molecule has 2 aliphatic rings. The topological polar surface area (TPSA) is 52.6 Å². The lowest BCUT2D eigenvalue weighted by atomic mass is 10.0. The molecule has 2 aliphatic heterocycles. The first-order chi connectivity index (χ1) is 10.6. The van der Waals surface area contributed by atoms with Crippen LogP contribution in [0.5, 0.6) is 0 Å². The molecule has 0 saturated carbocycles. The fourth-order valence-corrected chi connectivity index (χ4v) is 3.36. The van der Waals surface area contributed by atoms with E-state index < -0.39 is 0 Å². The molecule has 2 heterocycles. The molecule has 0 aliphatic carbocycles. The molecule has 1 N–H and O–H groups in total. The summed E-state index contributed by atoms with van der Waals surface area (Å²) in [5, 5.41) is 2.51. The molecule has 0 radical (unpaired) electrons. The van der Waals surface area contributed by atoms with Crippen LogP contribution in [-0.4, -0.2) is 47.9 Å². The van der Waals surface area contributed by atoms with Gasteiger partial charge in [-0.2, -0.15) is 0 Å². The maximum Gasteiger partial charge on any atom is 0.324 e. The first kappa shape index (κ1) is 15.0. The number of halogens is 1. The third kappa shape index (κ3) is 2.83. The Kier molecular flexibility index (Phi) is 4.11. The Balaban J connectivity index is 1.70. The largest absolute Gasteiger partial charge is 0.329 e. The predicted molar refractivity (Wildman–Crippen MR) is 79.6 cm³/mol. The Hall–Kier alpha value is -1.95. The van der Waals surface area contributed by atoms with Crippen molar-refractivity contribution < 1.29 is 14.0 Å². The van der Waals surface area contributed by atoms with Gasteiger partial charge in [0.05, 0.1) is 6.54 Å². The molecular weight excluding hydrogens is 285 g/mol. The van der Waals surface area contributed by atoms with Crippen LogP contribution in [0.1, 0.15) is 24.9 Å². The van der Waals surface area contributed by atoms with Crippen LogP contribution in [0.3, 0.4) is 0 Å². The Labute approximate surface area is 129 Å². The third-order valence-electron chi connectivity index (χ3n) is 4.42. The van der Waals surface area contributed by atoms with Gasteiger partial charge in [-0.25, -0.2) is 9.18 Å². The van der Waals surface area contributed by atoms with E-state index in [4.69, 9.17) is 0 Å². The maximum atomic E-state index is 14.1. The lowest BCUT2D eigenvalue weighted by molar-refractivity contribution is -0.125. The Morgan fingerprint density at radius 1 is 1.27 bits per heavy atom. The summed E-state index contributed by atoms with van der Waals surface area (Å²) in [6, 6.07) is 6.51. The van der Waals surface area contributed by atoms with Crippen molar-refractivity contribution in [3.63, 3.8) is 0 Å². The van der Waals surface area contributed by atoms with Gasteiger partial charge in [0, 0.05) is 31.2 Å². The molecule has 1 aromatic carbocycles. The number of rotatable bonds is 4. The summed E-state index contributed by atoms with van der Waals surface area (Å²) in [6.07, 6.45) is 0.890. The molecule has 118 valence electrons. The number of hydrogen-bond acceptors (Lipinski definition) is 3. The van der Waals surface area contributed by atoms with Crippen LogP contribution in [0.2, 0.25) is 0 Å². The highest BCUT2D eigenvalue weighted by Gasteiger charge is 2.34. The van der Waals surface area contributed by atoms with Gasteiger partial charge < -0.3 is 5.32 Å². The first-order valence-corrected chi connectivity index (χ1v) is 7.63. The van der Waals surface area contributed by atoms with Crippen molar-refractivity contribution in [3.8, 4) is 0 Å². The number of amides is 3. The monoisotopic (exact) mass is 305 g/mol. The van der Waals surface area contributed by atoms with E-state index in [0.717, 1.165) is 13.0 Å². The maximum absolute atomic E-state index is 14.1. The minimum Gasteiger partial charge on any atom is -0.329 e. The molecule has 2 fully saturated rings. The second-order valence-corrected chi connectivity index (χ2v) is 6.08. The Morgan fingerprint density at radius 2 is 2.05 bits per heavy atom. The van der Waals surface area contributed by atoms with E-state index in [2.05, 4.69) is 17.1 Å². The van der Waals surface area contributed by atoms with Crippen LogP contribution in [0.4, 0.5) is 9.18 Å². The Morgan fingerprint density at radius 3 is 2.73 bits per heavy atom. The van der Waals surface area contributed by atoms with Crippen molar-refractivity contribution in [2.24, 2.45) is 5.92 Å². The molecule has 2 atom stereocenters. The molecule has 3 rings (SSSR count). The average molecular weight is 305 g/mol. The van der Waals surface area contributed by atoms with Crippen molar-refractivity contribution >= 4 is 11.9 Å². The number of nitrogens with one attached hydrogen (secondary N) is 1. The number of likely N-dealkylation sites (tertiary alicyclic amines) is 1. The van der Waals surface area contributed by atoms with E-state index in [1.54, 1.807) is 6.07 Å². The number of imide groups is 1. The van der Waals surface area contributed by atoms with E-state index >= 15 is 0 Å². The van der Waals surface area contributed by atoms with Crippen molar-refractivity contribution in [1.29, 1.82) is 0 Å². The summed E-state index contributed by atoms with van der Waals surface area (Å²) >= 11 is 0. The minimum atomic E-state index is -0.334. The lowest BCUT2D eigenvalue weighted by Gasteiger charge is -2.26. The SMILES string of the molecule is C[C@H]1C[C@H](c2ccccc2F)N(CCN2C(=O)CNC2=O)C1. The second-order valence-electron chi connectivity index (χ2n) is 6.08. The van der Waals surface area contributed by atoms with Gasteiger partial charge in [-0.1, -0.05) is 25.1 Å². The first-order valence-electron chi connectivity index (χ1n) is 7.63. The van der Waals surface area contributed by atoms with Gasteiger partial charge in [0.1, 0.15) is 5.82 Å². The van der Waals surface area contributed by atoms with Crippen LogP contribution in [-0.2, 0) is 4.79 Å². The standard InChI is InChI=1S/C16H20FN3O2/c1-11-8-14(12-4-2-3-5-13(12)17)19(10-11)6-7-20-15(21)9-18-16(20)22/h2-5,11,14H,6-10H2,1H3,(H,18,22)/t11-,14+/m0/s1. The smallest absolute Gasteiger partial charge is 0.324 e. The van der Waals surface area contributed by atoms with E-state index in [0.29, 0.717) is 24.6 Å². The molecule has 2 saturated heterocycles. The molecular formula is C16H20FN3O2. The highest BCUT2D eigenvalue weighted by Crippen LogP contribution is 2.36. The molecule has 1 aromatic rings. The molecule has 22 heavy (non-hydrogen) atoms. The molecule has 0 unspecified atom stereocenters. The molecule has 6 heteroatoms. The van der Waals surface area contributed by atoms with Crippen LogP contribution < -0.4 is 5.32 Å². The van der Waals surface area contributed by atoms with Crippen molar-refractivity contribution in [1.82, 2.24) is 15.1 Å². The van der Waals surface area contributed by atoms with Crippen LogP contribution in [0.25, 0.3) is 0 Å². The quantitative estimate of drug-likeness (QED) is 0.863. The summed E-state index contributed by atoms with van der Waals surface area (Å²) in [5.74, 6) is 0.0778. The summed E-state index contributed by atoms with van der Waals surface area (Å²) in [7, 11) is 0. The summed E-state index contributed by atoms with van der Waals surface area (Å²) in [4.78, 5) is 26.6.